The molecule has 0 unspecified atom stereocenters. The van der Waals surface area contributed by atoms with Gasteiger partial charge in [-0.2, -0.15) is 0 Å². The maximum Gasteiger partial charge on any atom is 0.142 e. The van der Waals surface area contributed by atoms with Crippen LogP contribution >= 0.6 is 0 Å². The Bertz CT molecular complexity index is 924. The molecule has 168 valence electrons. The second kappa shape index (κ2) is 11.3. The van der Waals surface area contributed by atoms with Crippen molar-refractivity contribution in [3.63, 3.8) is 0 Å². The highest BCUT2D eigenvalue weighted by atomic mass is 15.2. The molecule has 2 aromatic carbocycles. The van der Waals surface area contributed by atoms with Gasteiger partial charge in [-0.15, -0.1) is 0 Å². The molecule has 0 spiro atoms. The van der Waals surface area contributed by atoms with Gasteiger partial charge in [-0.05, 0) is 50.4 Å². The Kier molecular flexibility index (Phi) is 8.50. The van der Waals surface area contributed by atoms with E-state index in [-0.39, 0.29) is 0 Å². The van der Waals surface area contributed by atoms with Gasteiger partial charge in [-0.25, -0.2) is 4.98 Å². The molecule has 0 atom stereocenters. The lowest BCUT2D eigenvalue weighted by atomic mass is 10.1. The van der Waals surface area contributed by atoms with Crippen LogP contribution in [0.15, 0.2) is 48.5 Å². The first-order valence-electron chi connectivity index (χ1n) is 11.8. The van der Waals surface area contributed by atoms with Crippen molar-refractivity contribution in [2.45, 2.75) is 27.7 Å². The number of likely N-dealkylation sites (N-methyl/N-ethyl adjacent to an activating group) is 2. The fraction of sp³-hybridized carbons (Fsp3) is 0.500. The summed E-state index contributed by atoms with van der Waals surface area (Å²) in [7, 11) is 2.12. The number of aromatic nitrogens is 2. The topological polar surface area (TPSA) is 27.5 Å². The number of nitrogens with zero attached hydrogens (tertiary/aromatic N) is 5. The molecule has 3 rings (SSSR count). The first-order valence-corrected chi connectivity index (χ1v) is 11.8. The summed E-state index contributed by atoms with van der Waals surface area (Å²) < 4.78 is 2.22. The second-order valence-electron chi connectivity index (χ2n) is 8.04. The zero-order valence-electron chi connectivity index (χ0n) is 20.0. The van der Waals surface area contributed by atoms with Gasteiger partial charge in [-0.3, -0.25) is 0 Å². The van der Waals surface area contributed by atoms with E-state index in [0.717, 1.165) is 63.7 Å². The lowest BCUT2D eigenvalue weighted by Gasteiger charge is -2.31. The summed E-state index contributed by atoms with van der Waals surface area (Å²) in [4.78, 5) is 12.6. The summed E-state index contributed by atoms with van der Waals surface area (Å²) in [6.07, 6.45) is 0. The van der Waals surface area contributed by atoms with Crippen molar-refractivity contribution in [2.75, 3.05) is 57.3 Å². The van der Waals surface area contributed by atoms with Gasteiger partial charge >= 0.3 is 0 Å². The van der Waals surface area contributed by atoms with E-state index in [1.165, 1.54) is 16.8 Å². The monoisotopic (exact) mass is 421 g/mol. The van der Waals surface area contributed by atoms with Crippen LogP contribution in [0.1, 0.15) is 27.7 Å². The maximum atomic E-state index is 5.00. The minimum Gasteiger partial charge on any atom is -0.368 e. The van der Waals surface area contributed by atoms with Crippen molar-refractivity contribution >= 4 is 16.7 Å². The van der Waals surface area contributed by atoms with Crippen LogP contribution < -0.4 is 4.90 Å². The molecule has 0 fully saturated rings. The summed E-state index contributed by atoms with van der Waals surface area (Å²) in [5.41, 5.74) is 4.71. The molecule has 5 heteroatoms. The summed E-state index contributed by atoms with van der Waals surface area (Å²) >= 11 is 0. The van der Waals surface area contributed by atoms with Gasteiger partial charge in [0.05, 0.1) is 11.0 Å². The van der Waals surface area contributed by atoms with Crippen LogP contribution in [0.5, 0.6) is 0 Å². The molecule has 0 saturated heterocycles. The van der Waals surface area contributed by atoms with Gasteiger partial charge in [-0.1, -0.05) is 52.0 Å². The van der Waals surface area contributed by atoms with Crippen LogP contribution in [0, 0.1) is 0 Å². The molecule has 1 heterocycles. The highest BCUT2D eigenvalue weighted by molar-refractivity contribution is 5.84. The first kappa shape index (κ1) is 23.3. The minimum absolute atomic E-state index is 1.02. The predicted octanol–water partition coefficient (Wildman–Crippen LogP) is 4.73. The Morgan fingerprint density at radius 1 is 0.710 bits per heavy atom. The van der Waals surface area contributed by atoms with Crippen molar-refractivity contribution in [3.05, 3.63) is 48.5 Å². The molecule has 0 aliphatic heterocycles. The first-order chi connectivity index (χ1) is 15.1. The fourth-order valence-electron chi connectivity index (χ4n) is 4.28. The lowest BCUT2D eigenvalue weighted by Crippen LogP contribution is -2.40. The van der Waals surface area contributed by atoms with Crippen molar-refractivity contribution in [1.82, 2.24) is 19.4 Å². The Morgan fingerprint density at radius 3 is 1.84 bits per heavy atom. The van der Waals surface area contributed by atoms with E-state index < -0.39 is 0 Å². The van der Waals surface area contributed by atoms with E-state index in [2.05, 4.69) is 103 Å². The number of hydrogen-bond acceptors (Lipinski definition) is 4. The van der Waals surface area contributed by atoms with Crippen LogP contribution in [-0.2, 0) is 7.05 Å². The van der Waals surface area contributed by atoms with E-state index in [9.17, 15) is 0 Å². The predicted molar refractivity (Wildman–Crippen MR) is 134 cm³/mol. The number of fused-ring (bicyclic) bond motifs is 1. The van der Waals surface area contributed by atoms with Crippen molar-refractivity contribution in [1.29, 1.82) is 0 Å². The molecule has 3 aromatic rings. The van der Waals surface area contributed by atoms with Gasteiger partial charge in [0.2, 0.25) is 0 Å². The van der Waals surface area contributed by atoms with E-state index in [1.54, 1.807) is 0 Å². The minimum atomic E-state index is 1.02. The van der Waals surface area contributed by atoms with E-state index in [1.807, 2.05) is 0 Å². The molecule has 5 nitrogen and oxygen atoms in total. The van der Waals surface area contributed by atoms with E-state index in [0.29, 0.717) is 0 Å². The number of imidazole rings is 1. The van der Waals surface area contributed by atoms with Gasteiger partial charge in [0.1, 0.15) is 5.82 Å². The number of anilines is 1. The Morgan fingerprint density at radius 2 is 1.26 bits per heavy atom. The summed E-state index contributed by atoms with van der Waals surface area (Å²) in [6.45, 7) is 17.5. The highest BCUT2D eigenvalue weighted by Gasteiger charge is 2.18. The standard InChI is InChI=1S/C26H39N5/c1-6-29(7-2)18-20-31(21-19-30(8-3)9-4)24-16-12-10-14-22(24)26-27-23-15-11-13-17-25(23)28(26)5/h10-17H,6-9,18-21H2,1-5H3. The highest BCUT2D eigenvalue weighted by Crippen LogP contribution is 2.32. The average Bonchev–Trinajstić information content (AvgIpc) is 3.15. The second-order valence-corrected chi connectivity index (χ2v) is 8.04. The average molecular weight is 422 g/mol. The number of rotatable bonds is 12. The van der Waals surface area contributed by atoms with Crippen molar-refractivity contribution in [3.8, 4) is 11.4 Å². The van der Waals surface area contributed by atoms with E-state index >= 15 is 0 Å². The number of aryl methyl sites for hydroxylation is 1. The quantitative estimate of drug-likeness (QED) is 0.422. The molecule has 0 bridgehead atoms. The maximum absolute atomic E-state index is 5.00. The van der Waals surface area contributed by atoms with Crippen LogP contribution in [0.4, 0.5) is 5.69 Å². The summed E-state index contributed by atoms with van der Waals surface area (Å²) in [5, 5.41) is 0. The zero-order valence-corrected chi connectivity index (χ0v) is 20.0. The number of para-hydroxylation sites is 3. The van der Waals surface area contributed by atoms with Crippen LogP contribution in [0.3, 0.4) is 0 Å². The van der Waals surface area contributed by atoms with Gasteiger partial charge in [0.15, 0.2) is 0 Å². The van der Waals surface area contributed by atoms with Gasteiger partial charge < -0.3 is 19.3 Å². The third-order valence-electron chi connectivity index (χ3n) is 6.43. The van der Waals surface area contributed by atoms with Crippen LogP contribution in [0.25, 0.3) is 22.4 Å². The largest absolute Gasteiger partial charge is 0.368 e. The van der Waals surface area contributed by atoms with Crippen LogP contribution in [0.2, 0.25) is 0 Å². The lowest BCUT2D eigenvalue weighted by molar-refractivity contribution is 0.294. The van der Waals surface area contributed by atoms with Crippen molar-refractivity contribution in [2.24, 2.45) is 7.05 Å². The molecular formula is C26H39N5. The summed E-state index contributed by atoms with van der Waals surface area (Å²) in [6, 6.07) is 17.2. The molecule has 0 saturated carbocycles. The number of hydrogen-bond donors (Lipinski definition) is 0. The third-order valence-corrected chi connectivity index (χ3v) is 6.43. The Balaban J connectivity index is 1.96. The van der Waals surface area contributed by atoms with Crippen LogP contribution in [-0.4, -0.2) is 71.7 Å². The van der Waals surface area contributed by atoms with Gasteiger partial charge in [0.25, 0.3) is 0 Å². The fourth-order valence-corrected chi connectivity index (χ4v) is 4.28. The van der Waals surface area contributed by atoms with E-state index in [4.69, 9.17) is 4.98 Å². The molecule has 0 radical (unpaired) electrons. The molecule has 0 amide bonds. The zero-order chi connectivity index (χ0) is 22.2. The summed E-state index contributed by atoms with van der Waals surface area (Å²) in [5.74, 6) is 1.03. The molecular weight excluding hydrogens is 382 g/mol. The third kappa shape index (κ3) is 5.46. The Hall–Kier alpha value is -2.37. The molecule has 1 aromatic heterocycles. The normalized spacial score (nSPS) is 11.7. The SMILES string of the molecule is CCN(CC)CCN(CCN(CC)CC)c1ccccc1-c1nc2ccccc2n1C. The molecule has 31 heavy (non-hydrogen) atoms. The Labute approximate surface area is 188 Å². The number of benzene rings is 2. The van der Waals surface area contributed by atoms with Crippen molar-refractivity contribution < 1.29 is 0 Å². The molecule has 0 N–H and O–H groups in total. The van der Waals surface area contributed by atoms with Gasteiger partial charge in [0, 0.05) is 44.5 Å². The molecule has 0 aliphatic rings. The molecule has 0 aliphatic carbocycles. The smallest absolute Gasteiger partial charge is 0.142 e.